The summed E-state index contributed by atoms with van der Waals surface area (Å²) in [7, 11) is 0. The number of carbonyl (C=O) groups is 1. The normalized spacial score (nSPS) is 11.2. The van der Waals surface area contributed by atoms with Crippen molar-refractivity contribution in [2.75, 3.05) is 6.54 Å². The molecule has 0 unspecified atom stereocenters. The molecule has 0 aliphatic carbocycles. The van der Waals surface area contributed by atoms with Crippen molar-refractivity contribution in [3.8, 4) is 11.3 Å². The third-order valence-corrected chi connectivity index (χ3v) is 3.98. The molecule has 0 amide bonds. The molecule has 3 aromatic rings. The third kappa shape index (κ3) is 6.78. The van der Waals surface area contributed by atoms with Crippen molar-refractivity contribution in [2.45, 2.75) is 18.9 Å². The summed E-state index contributed by atoms with van der Waals surface area (Å²) in [6.07, 6.45) is 0.956. The van der Waals surface area contributed by atoms with Gasteiger partial charge in [0.05, 0.1) is 5.39 Å². The summed E-state index contributed by atoms with van der Waals surface area (Å²) in [5, 5.41) is 9.00. The van der Waals surface area contributed by atoms with Gasteiger partial charge in [-0.2, -0.15) is 0 Å². The minimum Gasteiger partial charge on any atom is -0.480 e. The zero-order valence-electron chi connectivity index (χ0n) is 15.8. The quantitative estimate of drug-likeness (QED) is 0.281. The fraction of sp³-hybridized carbons (Fsp3) is 0.190. The van der Waals surface area contributed by atoms with E-state index in [0.29, 0.717) is 36.1 Å². The smallest absolute Gasteiger partial charge is 0.320 e. The van der Waals surface area contributed by atoms with Gasteiger partial charge in [-0.05, 0) is 25.0 Å². The monoisotopic (exact) mass is 396 g/mol. The molecule has 29 heavy (non-hydrogen) atoms. The number of rotatable bonds is 6. The van der Waals surface area contributed by atoms with E-state index in [-0.39, 0.29) is 11.4 Å². The lowest BCUT2D eigenvalue weighted by atomic mass is 10.1. The van der Waals surface area contributed by atoms with Gasteiger partial charge < -0.3 is 26.7 Å². The van der Waals surface area contributed by atoms with E-state index in [1.807, 2.05) is 48.5 Å². The second kappa shape index (κ2) is 10.6. The Morgan fingerprint density at radius 2 is 1.72 bits per heavy atom. The van der Waals surface area contributed by atoms with Crippen molar-refractivity contribution >= 4 is 22.9 Å². The number of para-hydroxylation sites is 1. The first kappa shape index (κ1) is 21.6. The van der Waals surface area contributed by atoms with Gasteiger partial charge in [-0.3, -0.25) is 14.6 Å². The number of nitrogens with zero attached hydrogens (tertiary/aromatic N) is 1. The Hall–Kier alpha value is -3.65. The first-order valence-corrected chi connectivity index (χ1v) is 9.00. The summed E-state index contributed by atoms with van der Waals surface area (Å²) < 4.78 is 5.73. The van der Waals surface area contributed by atoms with Crippen LogP contribution in [0, 0.1) is 0 Å². The largest absolute Gasteiger partial charge is 0.480 e. The number of benzene rings is 2. The van der Waals surface area contributed by atoms with Gasteiger partial charge in [0.15, 0.2) is 11.4 Å². The molecule has 8 heteroatoms. The number of fused-ring (bicyclic) bond motifs is 1. The average molecular weight is 396 g/mol. The Labute approximate surface area is 167 Å². The van der Waals surface area contributed by atoms with Crippen molar-refractivity contribution in [3.05, 3.63) is 70.9 Å². The van der Waals surface area contributed by atoms with Crippen LogP contribution in [0.15, 0.2) is 74.9 Å². The van der Waals surface area contributed by atoms with Crippen LogP contribution in [0.1, 0.15) is 12.8 Å². The maximum Gasteiger partial charge on any atom is 0.320 e. The van der Waals surface area contributed by atoms with Crippen LogP contribution >= 0.6 is 0 Å². The number of aliphatic imine (C=N–C) groups is 1. The second-order valence-electron chi connectivity index (χ2n) is 6.23. The molecular formula is C21H24N4O4. The minimum atomic E-state index is -1.00. The molecule has 7 N–H and O–H groups in total. The standard InChI is InChI=1S/C15H10O2.C6H14N4O2/c16-13-10-15(11-6-2-1-3-7-11)17-14-9-5-4-8-12(13)14;7-4(5(11)12)2-1-3-10-6(8)9/h1-10H;4H,1-3,7H2,(H,11,12)(H4,8,9,10)/t;4-/m.0/s1. The molecule has 0 spiro atoms. The van der Waals surface area contributed by atoms with Crippen LogP contribution < -0.4 is 22.6 Å². The Morgan fingerprint density at radius 3 is 2.38 bits per heavy atom. The van der Waals surface area contributed by atoms with Gasteiger partial charge in [-0.1, -0.05) is 42.5 Å². The van der Waals surface area contributed by atoms with E-state index in [4.69, 9.17) is 26.7 Å². The summed E-state index contributed by atoms with van der Waals surface area (Å²) in [6, 6.07) is 17.6. The second-order valence-corrected chi connectivity index (χ2v) is 6.23. The summed E-state index contributed by atoms with van der Waals surface area (Å²) >= 11 is 0. The molecule has 0 radical (unpaired) electrons. The zero-order valence-corrected chi connectivity index (χ0v) is 15.8. The van der Waals surface area contributed by atoms with Crippen LogP contribution in [0.25, 0.3) is 22.3 Å². The summed E-state index contributed by atoms with van der Waals surface area (Å²) in [4.78, 5) is 25.8. The fourth-order valence-electron chi connectivity index (χ4n) is 2.49. The van der Waals surface area contributed by atoms with Crippen LogP contribution in [-0.4, -0.2) is 29.6 Å². The highest BCUT2D eigenvalue weighted by atomic mass is 16.4. The van der Waals surface area contributed by atoms with Crippen LogP contribution in [0.3, 0.4) is 0 Å². The number of carboxylic acid groups (broad SMARTS) is 1. The number of nitrogens with two attached hydrogens (primary N) is 3. The van der Waals surface area contributed by atoms with Crippen molar-refractivity contribution in [3.63, 3.8) is 0 Å². The molecule has 0 aliphatic heterocycles. The van der Waals surface area contributed by atoms with Crippen LogP contribution in [-0.2, 0) is 4.79 Å². The van der Waals surface area contributed by atoms with E-state index < -0.39 is 12.0 Å². The number of hydrogen-bond acceptors (Lipinski definition) is 5. The SMILES string of the molecule is NC(N)=NCCC[C@H](N)C(=O)O.O=c1cc(-c2ccccc2)oc2ccccc12. The van der Waals surface area contributed by atoms with E-state index in [0.717, 1.165) is 5.56 Å². The topological polar surface area (TPSA) is 158 Å². The molecule has 8 nitrogen and oxygen atoms in total. The van der Waals surface area contributed by atoms with Gasteiger partial charge in [-0.15, -0.1) is 0 Å². The van der Waals surface area contributed by atoms with Gasteiger partial charge in [0.25, 0.3) is 0 Å². The third-order valence-electron chi connectivity index (χ3n) is 3.98. The highest BCUT2D eigenvalue weighted by Gasteiger charge is 2.09. The maximum absolute atomic E-state index is 11.9. The molecule has 0 aliphatic rings. The molecule has 0 saturated carbocycles. The van der Waals surface area contributed by atoms with E-state index in [1.54, 1.807) is 6.07 Å². The first-order valence-electron chi connectivity index (χ1n) is 9.00. The highest BCUT2D eigenvalue weighted by molar-refractivity contribution is 5.78. The Balaban J connectivity index is 0.000000223. The molecule has 1 atom stereocenters. The zero-order chi connectivity index (χ0) is 21.2. The number of guanidine groups is 1. The lowest BCUT2D eigenvalue weighted by molar-refractivity contribution is -0.138. The number of hydrogen-bond donors (Lipinski definition) is 4. The van der Waals surface area contributed by atoms with E-state index in [1.165, 1.54) is 6.07 Å². The first-order chi connectivity index (χ1) is 13.9. The highest BCUT2D eigenvalue weighted by Crippen LogP contribution is 2.21. The molecule has 3 rings (SSSR count). The molecule has 152 valence electrons. The van der Waals surface area contributed by atoms with Gasteiger partial charge in [0, 0.05) is 18.2 Å². The van der Waals surface area contributed by atoms with Crippen LogP contribution in [0.5, 0.6) is 0 Å². The van der Waals surface area contributed by atoms with Crippen LogP contribution in [0.2, 0.25) is 0 Å². The molecular weight excluding hydrogens is 372 g/mol. The van der Waals surface area contributed by atoms with E-state index in [2.05, 4.69) is 4.99 Å². The average Bonchev–Trinajstić information content (AvgIpc) is 2.72. The van der Waals surface area contributed by atoms with E-state index >= 15 is 0 Å². The van der Waals surface area contributed by atoms with Crippen molar-refractivity contribution < 1.29 is 14.3 Å². The number of carboxylic acids is 1. The van der Waals surface area contributed by atoms with E-state index in [9.17, 15) is 9.59 Å². The minimum absolute atomic E-state index is 0.00861. The van der Waals surface area contributed by atoms with Crippen molar-refractivity contribution in [1.29, 1.82) is 0 Å². The molecule has 2 aromatic carbocycles. The summed E-state index contributed by atoms with van der Waals surface area (Å²) in [6.45, 7) is 0.420. The number of aliphatic carboxylic acids is 1. The van der Waals surface area contributed by atoms with Gasteiger partial charge in [-0.25, -0.2) is 0 Å². The van der Waals surface area contributed by atoms with Gasteiger partial charge in [0.2, 0.25) is 0 Å². The summed E-state index contributed by atoms with van der Waals surface area (Å²) in [5.74, 6) is -0.382. The molecule has 0 bridgehead atoms. The summed E-state index contributed by atoms with van der Waals surface area (Å²) in [5.41, 5.74) is 16.8. The lowest BCUT2D eigenvalue weighted by Crippen LogP contribution is -2.30. The molecule has 1 heterocycles. The Morgan fingerprint density at radius 1 is 1.07 bits per heavy atom. The molecule has 0 saturated heterocycles. The maximum atomic E-state index is 11.9. The Kier molecular flexibility index (Phi) is 7.93. The molecule has 0 fully saturated rings. The van der Waals surface area contributed by atoms with Gasteiger partial charge >= 0.3 is 5.97 Å². The predicted molar refractivity (Wildman–Crippen MR) is 113 cm³/mol. The van der Waals surface area contributed by atoms with Crippen LogP contribution in [0.4, 0.5) is 0 Å². The predicted octanol–water partition coefficient (Wildman–Crippen LogP) is 1.91. The molecule has 1 aromatic heterocycles. The van der Waals surface area contributed by atoms with Crippen molar-refractivity contribution in [2.24, 2.45) is 22.2 Å². The fourth-order valence-corrected chi connectivity index (χ4v) is 2.49. The Bertz CT molecular complexity index is 1030. The van der Waals surface area contributed by atoms with Gasteiger partial charge in [0.1, 0.15) is 17.4 Å². The lowest BCUT2D eigenvalue weighted by Gasteiger charge is -2.03. The van der Waals surface area contributed by atoms with Crippen molar-refractivity contribution in [1.82, 2.24) is 0 Å².